The minimum Gasteiger partial charge on any atom is -0.462 e. The SMILES string of the molecule is CCCCCCCCCCCC(=O)OC1CC2CCC1(C)C2(C)C. The van der Waals surface area contributed by atoms with Crippen LogP contribution in [0.4, 0.5) is 0 Å². The van der Waals surface area contributed by atoms with Crippen molar-refractivity contribution in [3.63, 3.8) is 0 Å². The highest BCUT2D eigenvalue weighted by Crippen LogP contribution is 2.66. The zero-order valence-electron chi connectivity index (χ0n) is 16.7. The molecule has 0 spiro atoms. The van der Waals surface area contributed by atoms with E-state index in [0.29, 0.717) is 11.8 Å². The summed E-state index contributed by atoms with van der Waals surface area (Å²) in [6.07, 6.45) is 16.0. The van der Waals surface area contributed by atoms with Crippen LogP contribution in [0.5, 0.6) is 0 Å². The van der Waals surface area contributed by atoms with Crippen LogP contribution in [0.2, 0.25) is 0 Å². The molecule has 2 aliphatic rings. The predicted molar refractivity (Wildman–Crippen MR) is 101 cm³/mol. The first kappa shape index (κ1) is 19.8. The van der Waals surface area contributed by atoms with Gasteiger partial charge in [0.1, 0.15) is 6.10 Å². The lowest BCUT2D eigenvalue weighted by atomic mass is 9.70. The summed E-state index contributed by atoms with van der Waals surface area (Å²) in [4.78, 5) is 12.2. The number of hydrogen-bond donors (Lipinski definition) is 0. The van der Waals surface area contributed by atoms with Gasteiger partial charge in [-0.15, -0.1) is 0 Å². The highest BCUT2D eigenvalue weighted by Gasteiger charge is 2.62. The molecule has 0 amide bonds. The van der Waals surface area contributed by atoms with Crippen molar-refractivity contribution in [2.24, 2.45) is 16.7 Å². The fourth-order valence-corrected chi connectivity index (χ4v) is 5.11. The fraction of sp³-hybridized carbons (Fsp3) is 0.955. The Balaban J connectivity index is 1.55. The van der Waals surface area contributed by atoms with Crippen LogP contribution in [0, 0.1) is 16.7 Å². The van der Waals surface area contributed by atoms with Crippen LogP contribution in [0.25, 0.3) is 0 Å². The Morgan fingerprint density at radius 2 is 1.54 bits per heavy atom. The summed E-state index contributed by atoms with van der Waals surface area (Å²) in [6, 6.07) is 0. The molecule has 2 fully saturated rings. The van der Waals surface area contributed by atoms with Crippen molar-refractivity contribution in [3.8, 4) is 0 Å². The number of unbranched alkanes of at least 4 members (excludes halogenated alkanes) is 8. The highest BCUT2D eigenvalue weighted by atomic mass is 16.5. The van der Waals surface area contributed by atoms with Gasteiger partial charge in [0.15, 0.2) is 0 Å². The van der Waals surface area contributed by atoms with E-state index in [0.717, 1.165) is 18.8 Å². The molecule has 3 atom stereocenters. The predicted octanol–water partition coefficient (Wildman–Crippen LogP) is 6.67. The maximum Gasteiger partial charge on any atom is 0.306 e. The lowest BCUT2D eigenvalue weighted by Crippen LogP contribution is -2.38. The zero-order chi connectivity index (χ0) is 17.6. The first-order valence-corrected chi connectivity index (χ1v) is 10.6. The van der Waals surface area contributed by atoms with E-state index in [2.05, 4.69) is 27.7 Å². The molecule has 0 aromatic heterocycles. The maximum absolute atomic E-state index is 12.2. The van der Waals surface area contributed by atoms with Crippen LogP contribution >= 0.6 is 0 Å². The van der Waals surface area contributed by atoms with Crippen LogP contribution in [0.15, 0.2) is 0 Å². The minimum atomic E-state index is 0.0486. The first-order valence-electron chi connectivity index (χ1n) is 10.6. The number of fused-ring (bicyclic) bond motifs is 2. The Hall–Kier alpha value is -0.530. The molecular formula is C22H40O2. The number of rotatable bonds is 11. The molecule has 2 heteroatoms. The molecule has 2 bridgehead atoms. The van der Waals surface area contributed by atoms with E-state index >= 15 is 0 Å². The summed E-state index contributed by atoms with van der Waals surface area (Å²) < 4.78 is 5.92. The molecule has 2 rings (SSSR count). The first-order chi connectivity index (χ1) is 11.4. The molecule has 24 heavy (non-hydrogen) atoms. The third-order valence-electron chi connectivity index (χ3n) is 7.47. The summed E-state index contributed by atoms with van der Waals surface area (Å²) in [7, 11) is 0. The van der Waals surface area contributed by atoms with E-state index in [1.807, 2.05) is 0 Å². The molecule has 0 heterocycles. The maximum atomic E-state index is 12.2. The van der Waals surface area contributed by atoms with Crippen LogP contribution in [0.1, 0.15) is 111 Å². The number of carbonyl (C=O) groups is 1. The van der Waals surface area contributed by atoms with Crippen molar-refractivity contribution in [1.82, 2.24) is 0 Å². The third kappa shape index (κ3) is 4.35. The standard InChI is InChI=1S/C22H40O2/c1-5-6-7-8-9-10-11-12-13-14-20(23)24-19-17-18-15-16-22(19,4)21(18,2)3/h18-19H,5-17H2,1-4H3. The van der Waals surface area contributed by atoms with E-state index in [9.17, 15) is 4.79 Å². The second kappa shape index (κ2) is 8.72. The second-order valence-electron chi connectivity index (χ2n) is 9.17. The van der Waals surface area contributed by atoms with Gasteiger partial charge in [0.25, 0.3) is 0 Å². The molecule has 140 valence electrons. The van der Waals surface area contributed by atoms with Crippen LogP contribution in [-0.4, -0.2) is 12.1 Å². The van der Waals surface area contributed by atoms with Gasteiger partial charge in [0, 0.05) is 11.8 Å². The van der Waals surface area contributed by atoms with Crippen molar-refractivity contribution >= 4 is 5.97 Å². The van der Waals surface area contributed by atoms with E-state index in [1.165, 1.54) is 64.2 Å². The molecule has 3 unspecified atom stereocenters. The van der Waals surface area contributed by atoms with Gasteiger partial charge in [-0.3, -0.25) is 4.79 Å². The Morgan fingerprint density at radius 1 is 0.958 bits per heavy atom. The van der Waals surface area contributed by atoms with Crippen molar-refractivity contribution < 1.29 is 9.53 Å². The monoisotopic (exact) mass is 336 g/mol. The van der Waals surface area contributed by atoms with Gasteiger partial charge in [-0.1, -0.05) is 79.1 Å². The summed E-state index contributed by atoms with van der Waals surface area (Å²) in [5.74, 6) is 0.792. The molecule has 0 aliphatic heterocycles. The average molecular weight is 337 g/mol. The summed E-state index contributed by atoms with van der Waals surface area (Å²) in [5, 5.41) is 0. The number of esters is 1. The fourth-order valence-electron chi connectivity index (χ4n) is 5.11. The van der Waals surface area contributed by atoms with Crippen molar-refractivity contribution in [2.75, 3.05) is 0 Å². The number of carbonyl (C=O) groups excluding carboxylic acids is 1. The molecule has 2 nitrogen and oxygen atoms in total. The number of hydrogen-bond acceptors (Lipinski definition) is 2. The molecule has 2 aliphatic carbocycles. The Morgan fingerprint density at radius 3 is 2.04 bits per heavy atom. The molecule has 0 radical (unpaired) electrons. The van der Waals surface area contributed by atoms with E-state index in [-0.39, 0.29) is 17.5 Å². The Bertz CT molecular complexity index is 401. The van der Waals surface area contributed by atoms with Crippen LogP contribution in [0.3, 0.4) is 0 Å². The summed E-state index contributed by atoms with van der Waals surface area (Å²) in [5.41, 5.74) is 0.529. The molecular weight excluding hydrogens is 296 g/mol. The zero-order valence-corrected chi connectivity index (χ0v) is 16.7. The van der Waals surface area contributed by atoms with Crippen LogP contribution < -0.4 is 0 Å². The molecule has 0 aromatic carbocycles. The summed E-state index contributed by atoms with van der Waals surface area (Å²) in [6.45, 7) is 9.35. The lowest BCUT2D eigenvalue weighted by Gasteiger charge is -2.38. The van der Waals surface area contributed by atoms with Gasteiger partial charge in [-0.25, -0.2) is 0 Å². The lowest BCUT2D eigenvalue weighted by molar-refractivity contribution is -0.157. The van der Waals surface area contributed by atoms with Gasteiger partial charge < -0.3 is 4.74 Å². The molecule has 2 saturated carbocycles. The van der Waals surface area contributed by atoms with E-state index < -0.39 is 0 Å². The normalized spacial score (nSPS) is 30.7. The van der Waals surface area contributed by atoms with Crippen molar-refractivity contribution in [3.05, 3.63) is 0 Å². The average Bonchev–Trinajstić information content (AvgIpc) is 2.86. The second-order valence-corrected chi connectivity index (χ2v) is 9.17. The largest absolute Gasteiger partial charge is 0.462 e. The van der Waals surface area contributed by atoms with Gasteiger partial charge >= 0.3 is 5.97 Å². The Kier molecular flexibility index (Phi) is 7.19. The van der Waals surface area contributed by atoms with Gasteiger partial charge in [0.05, 0.1) is 0 Å². The molecule has 0 N–H and O–H groups in total. The molecule has 0 saturated heterocycles. The number of ether oxygens (including phenoxy) is 1. The van der Waals surface area contributed by atoms with E-state index in [1.54, 1.807) is 0 Å². The van der Waals surface area contributed by atoms with Crippen molar-refractivity contribution in [1.29, 1.82) is 0 Å². The minimum absolute atomic E-state index is 0.0486. The van der Waals surface area contributed by atoms with Gasteiger partial charge in [-0.2, -0.15) is 0 Å². The van der Waals surface area contributed by atoms with Crippen molar-refractivity contribution in [2.45, 2.75) is 117 Å². The molecule has 0 aromatic rings. The summed E-state index contributed by atoms with van der Waals surface area (Å²) >= 11 is 0. The van der Waals surface area contributed by atoms with E-state index in [4.69, 9.17) is 4.74 Å². The van der Waals surface area contributed by atoms with Gasteiger partial charge in [0.2, 0.25) is 0 Å². The quantitative estimate of drug-likeness (QED) is 0.311. The Labute approximate surface area is 150 Å². The van der Waals surface area contributed by atoms with Gasteiger partial charge in [-0.05, 0) is 37.0 Å². The topological polar surface area (TPSA) is 26.3 Å². The highest BCUT2D eigenvalue weighted by molar-refractivity contribution is 5.69. The third-order valence-corrected chi connectivity index (χ3v) is 7.47. The smallest absolute Gasteiger partial charge is 0.306 e. The van der Waals surface area contributed by atoms with Crippen LogP contribution in [-0.2, 0) is 9.53 Å².